The highest BCUT2D eigenvalue weighted by Crippen LogP contribution is 2.39. The molecule has 3 aliphatic rings. The van der Waals surface area contributed by atoms with Crippen LogP contribution in [0, 0.1) is 0 Å². The fraction of sp³-hybridized carbons (Fsp3) is 0.438. The summed E-state index contributed by atoms with van der Waals surface area (Å²) in [6, 6.07) is 17.0. The number of methoxy groups -OCH3 is 1. The van der Waals surface area contributed by atoms with Crippen LogP contribution in [-0.4, -0.2) is 128 Å². The number of carbonyl (C=O) groups is 5. The number of halogens is 1. The van der Waals surface area contributed by atoms with Gasteiger partial charge in [0.2, 0.25) is 23.7 Å². The summed E-state index contributed by atoms with van der Waals surface area (Å²) in [5, 5.41) is 12.8. The van der Waals surface area contributed by atoms with E-state index in [1.807, 2.05) is 47.4 Å². The van der Waals surface area contributed by atoms with E-state index in [1.165, 1.54) is 12.3 Å². The highest BCUT2D eigenvalue weighted by molar-refractivity contribution is 7.91. The number of hydrogen-bond donors (Lipinski definition) is 4. The SMILES string of the molecule is COc1cc(N2CCN(C(=O)CCCCCCS(=O)(=O)CCCCCNc3cccc4c3C(=O)N(C3CCC(=O)NC3=O)C4=O)CC2)ccc1Nc1ncc(Cl)c(Nc2ccccc2P(C)(C)=O)n1. The van der Waals surface area contributed by atoms with Gasteiger partial charge in [0.15, 0.2) is 5.82 Å². The molecule has 0 aliphatic carbocycles. The molecule has 18 nitrogen and oxygen atoms in total. The number of para-hydroxylation sites is 1. The molecule has 4 aromatic rings. The summed E-state index contributed by atoms with van der Waals surface area (Å²) >= 11 is 6.45. The number of ether oxygens (including phenoxy) is 1. The molecule has 4 N–H and O–H groups in total. The first-order chi connectivity index (χ1) is 33.0. The summed E-state index contributed by atoms with van der Waals surface area (Å²) in [4.78, 5) is 77.4. The van der Waals surface area contributed by atoms with Crippen LogP contribution in [0.3, 0.4) is 0 Å². The number of nitrogens with zero attached hydrogens (tertiary/aromatic N) is 5. The zero-order chi connectivity index (χ0) is 49.3. The number of piperidine rings is 1. The van der Waals surface area contributed by atoms with Crippen molar-refractivity contribution in [2.75, 3.05) is 85.5 Å². The highest BCUT2D eigenvalue weighted by Gasteiger charge is 2.45. The Kier molecular flexibility index (Phi) is 16.6. The Balaban J connectivity index is 0.769. The van der Waals surface area contributed by atoms with Crippen molar-refractivity contribution in [3.63, 3.8) is 0 Å². The third-order valence-electron chi connectivity index (χ3n) is 12.4. The summed E-state index contributed by atoms with van der Waals surface area (Å²) in [5.74, 6) is -0.750. The second kappa shape index (κ2) is 22.6. The first-order valence-electron chi connectivity index (χ1n) is 23.2. The summed E-state index contributed by atoms with van der Waals surface area (Å²) in [7, 11) is -4.22. The maximum absolute atomic E-state index is 13.3. The van der Waals surface area contributed by atoms with Gasteiger partial charge in [0.25, 0.3) is 11.8 Å². The predicted molar refractivity (Wildman–Crippen MR) is 268 cm³/mol. The molecule has 5 amide bonds. The lowest BCUT2D eigenvalue weighted by atomic mass is 10.0. The zero-order valence-electron chi connectivity index (χ0n) is 39.1. The molecule has 0 bridgehead atoms. The predicted octanol–water partition coefficient (Wildman–Crippen LogP) is 6.57. The van der Waals surface area contributed by atoms with Gasteiger partial charge in [-0.25, -0.2) is 13.4 Å². The molecule has 4 heterocycles. The molecule has 1 aromatic heterocycles. The Morgan fingerprint density at radius 3 is 2.29 bits per heavy atom. The number of imide groups is 2. The van der Waals surface area contributed by atoms with Crippen LogP contribution in [0.5, 0.6) is 5.75 Å². The minimum atomic E-state index is -3.23. The van der Waals surface area contributed by atoms with Crippen LogP contribution < -0.4 is 36.2 Å². The Hall–Kier alpha value is -6.04. The molecule has 0 radical (unpaired) electrons. The first-order valence-corrected chi connectivity index (χ1v) is 28.0. The number of benzene rings is 3. The maximum atomic E-state index is 13.3. The average Bonchev–Trinajstić information content (AvgIpc) is 3.58. The zero-order valence-corrected chi connectivity index (χ0v) is 41.6. The van der Waals surface area contributed by atoms with E-state index >= 15 is 0 Å². The lowest BCUT2D eigenvalue weighted by Crippen LogP contribution is -2.54. The van der Waals surface area contributed by atoms with Crippen molar-refractivity contribution in [2.45, 2.75) is 70.3 Å². The second-order valence-electron chi connectivity index (χ2n) is 17.7. The Morgan fingerprint density at radius 1 is 0.855 bits per heavy atom. The number of piperazine rings is 1. The smallest absolute Gasteiger partial charge is 0.264 e. The minimum Gasteiger partial charge on any atom is -0.494 e. The Bertz CT molecular complexity index is 2750. The molecule has 368 valence electrons. The molecule has 2 saturated heterocycles. The topological polar surface area (TPSA) is 229 Å². The first kappa shape index (κ1) is 50.8. The maximum Gasteiger partial charge on any atom is 0.264 e. The van der Waals surface area contributed by atoms with Crippen molar-refractivity contribution >= 4 is 97.9 Å². The summed E-state index contributed by atoms with van der Waals surface area (Å²) in [6.45, 7) is 6.34. The fourth-order valence-corrected chi connectivity index (χ4v) is 11.5. The van der Waals surface area contributed by atoms with E-state index in [0.717, 1.165) is 23.4 Å². The van der Waals surface area contributed by atoms with Crippen LogP contribution in [0.4, 0.5) is 34.5 Å². The fourth-order valence-electron chi connectivity index (χ4n) is 8.73. The van der Waals surface area contributed by atoms with Gasteiger partial charge in [-0.3, -0.25) is 34.2 Å². The number of fused-ring (bicyclic) bond motifs is 1. The minimum absolute atomic E-state index is 0.0412. The monoisotopic (exact) mass is 1000 g/mol. The largest absolute Gasteiger partial charge is 0.494 e. The molecule has 1 unspecified atom stereocenters. The molecule has 3 aromatic carbocycles. The number of rotatable bonds is 22. The van der Waals surface area contributed by atoms with Gasteiger partial charge in [-0.15, -0.1) is 0 Å². The Morgan fingerprint density at radius 2 is 1.57 bits per heavy atom. The number of anilines is 6. The summed E-state index contributed by atoms with van der Waals surface area (Å²) in [5.41, 5.74) is 3.10. The van der Waals surface area contributed by atoms with E-state index in [1.54, 1.807) is 32.6 Å². The molecular formula is C48H59ClN9O9PS. The van der Waals surface area contributed by atoms with E-state index < -0.39 is 46.6 Å². The van der Waals surface area contributed by atoms with E-state index in [-0.39, 0.29) is 47.3 Å². The van der Waals surface area contributed by atoms with Gasteiger partial charge in [-0.2, -0.15) is 4.98 Å². The van der Waals surface area contributed by atoms with Gasteiger partial charge >= 0.3 is 0 Å². The van der Waals surface area contributed by atoms with E-state index in [9.17, 15) is 37.0 Å². The van der Waals surface area contributed by atoms with Crippen molar-refractivity contribution in [1.82, 2.24) is 25.1 Å². The quantitative estimate of drug-likeness (QED) is 0.0371. The molecule has 2 fully saturated rings. The van der Waals surface area contributed by atoms with Crippen LogP contribution in [0.2, 0.25) is 5.02 Å². The number of hydrogen-bond acceptors (Lipinski definition) is 15. The number of aromatic nitrogens is 2. The van der Waals surface area contributed by atoms with Crippen LogP contribution in [0.1, 0.15) is 84.9 Å². The van der Waals surface area contributed by atoms with Crippen molar-refractivity contribution in [2.24, 2.45) is 0 Å². The number of nitrogens with one attached hydrogen (secondary N) is 4. The lowest BCUT2D eigenvalue weighted by Gasteiger charge is -2.36. The molecule has 7 rings (SSSR count). The average molecular weight is 1000 g/mol. The van der Waals surface area contributed by atoms with E-state index in [2.05, 4.69) is 36.1 Å². The van der Waals surface area contributed by atoms with Crippen LogP contribution in [0.15, 0.2) is 66.9 Å². The summed E-state index contributed by atoms with van der Waals surface area (Å²) in [6.07, 6.45) is 6.53. The van der Waals surface area contributed by atoms with Crippen LogP contribution >= 0.6 is 18.7 Å². The third-order valence-corrected chi connectivity index (χ3v) is 16.1. The number of amides is 5. The molecular weight excluding hydrogens is 945 g/mol. The van der Waals surface area contributed by atoms with Gasteiger partial charge in [0.05, 0.1) is 47.3 Å². The molecule has 69 heavy (non-hydrogen) atoms. The summed E-state index contributed by atoms with van der Waals surface area (Å²) < 4.78 is 44.2. The highest BCUT2D eigenvalue weighted by atomic mass is 35.5. The number of carbonyl (C=O) groups excluding carboxylic acids is 5. The van der Waals surface area contributed by atoms with Crippen LogP contribution in [-0.2, 0) is 28.8 Å². The molecule has 0 spiro atoms. The van der Waals surface area contributed by atoms with Crippen molar-refractivity contribution in [1.29, 1.82) is 0 Å². The third kappa shape index (κ3) is 12.8. The standard InChI is InChI=1S/C48H59ClN9O9PS/c1-67-39-30-32(19-20-35(39)53-48-51-31-34(49)44(55-48)52-36-15-8-9-17-40(36)68(2,3)64)56-24-26-57(27-25-56)42(60)18-7-4-5-11-28-69(65,66)29-12-6-10-23-50-37-16-13-14-33-43(37)47(63)58(46(33)62)38-21-22-41(59)54-45(38)61/h8-9,13-17,19-20,30-31,38,50H,4-7,10-12,18,21-29H2,1-3H3,(H,54,59,61)(H2,51,52,53,55). The normalized spacial score (nSPS) is 16.3. The van der Waals surface area contributed by atoms with Gasteiger partial charge in [0.1, 0.15) is 33.8 Å². The van der Waals surface area contributed by atoms with E-state index in [4.69, 9.17) is 16.3 Å². The van der Waals surface area contributed by atoms with Crippen LogP contribution in [0.25, 0.3) is 0 Å². The number of unbranched alkanes of at least 4 members (excludes halogenated alkanes) is 5. The van der Waals surface area contributed by atoms with E-state index in [0.29, 0.717) is 110 Å². The van der Waals surface area contributed by atoms with Crippen molar-refractivity contribution < 1.29 is 41.7 Å². The van der Waals surface area contributed by atoms with Crippen molar-refractivity contribution in [3.05, 3.63) is 83.0 Å². The second-order valence-corrected chi connectivity index (χ2v) is 23.6. The van der Waals surface area contributed by atoms with Gasteiger partial charge in [0, 0.05) is 68.3 Å². The van der Waals surface area contributed by atoms with Gasteiger partial charge < -0.3 is 35.1 Å². The molecule has 3 aliphatic heterocycles. The van der Waals surface area contributed by atoms with Gasteiger partial charge in [-0.05, 0) is 81.8 Å². The molecule has 21 heteroatoms. The molecule has 1 atom stereocenters. The van der Waals surface area contributed by atoms with Crippen molar-refractivity contribution in [3.8, 4) is 5.75 Å². The Labute approximate surface area is 407 Å². The lowest BCUT2D eigenvalue weighted by molar-refractivity contribution is -0.136. The molecule has 0 saturated carbocycles. The van der Waals surface area contributed by atoms with Gasteiger partial charge in [-0.1, -0.05) is 49.1 Å². The number of sulfone groups is 1.